The number of nitrogens with zero attached hydrogens (tertiary/aromatic N) is 2. The number of aromatic hydroxyl groups is 1. The zero-order chi connectivity index (χ0) is 25.3. The molecule has 0 aliphatic heterocycles. The van der Waals surface area contributed by atoms with Crippen molar-refractivity contribution in [2.45, 2.75) is 39.3 Å². The van der Waals surface area contributed by atoms with Gasteiger partial charge >= 0.3 is 0 Å². The fourth-order valence-corrected chi connectivity index (χ4v) is 4.03. The lowest BCUT2D eigenvalue weighted by molar-refractivity contribution is -0.123. The number of nitrogens with two attached hydrogens (primary N) is 1. The van der Waals surface area contributed by atoms with Crippen molar-refractivity contribution in [2.75, 3.05) is 4.90 Å². The van der Waals surface area contributed by atoms with Crippen LogP contribution in [-0.2, 0) is 4.79 Å². The Balaban J connectivity index is 1.82. The van der Waals surface area contributed by atoms with E-state index in [4.69, 9.17) is 10.7 Å². The highest BCUT2D eigenvalue weighted by Gasteiger charge is 2.30. The van der Waals surface area contributed by atoms with E-state index >= 15 is 0 Å². The molecule has 0 fully saturated rings. The van der Waals surface area contributed by atoms with Gasteiger partial charge in [-0.05, 0) is 70.2 Å². The van der Waals surface area contributed by atoms with Crippen LogP contribution in [0.5, 0.6) is 5.88 Å². The molecule has 4 aromatic rings. The molecule has 1 aromatic heterocycles. The summed E-state index contributed by atoms with van der Waals surface area (Å²) in [6.45, 7) is 7.25. The number of aromatic amines is 1. The summed E-state index contributed by atoms with van der Waals surface area (Å²) in [5.41, 5.74) is 8.71. The summed E-state index contributed by atoms with van der Waals surface area (Å²) in [5, 5.41) is 11.4. The molecule has 0 radical (unpaired) electrons. The number of H-pyrrole nitrogens is 1. The van der Waals surface area contributed by atoms with Gasteiger partial charge < -0.3 is 20.7 Å². The largest absolute Gasteiger partial charge is 0.494 e. The molecule has 0 aliphatic carbocycles. The number of amides is 1. The SMILES string of the molecule is CC(C)N(C(=O)C(C)(C)N)c1ccc(N=C(c2ccccc2)c2c(O)[nH]c3cc(F)ccc23)cc1. The minimum Gasteiger partial charge on any atom is -0.494 e. The highest BCUT2D eigenvalue weighted by atomic mass is 19.1. The third-order valence-corrected chi connectivity index (χ3v) is 5.68. The molecule has 4 N–H and O–H groups in total. The van der Waals surface area contributed by atoms with Crippen LogP contribution in [0, 0.1) is 5.82 Å². The quantitative estimate of drug-likeness (QED) is 0.316. The molecule has 4 rings (SSSR count). The van der Waals surface area contributed by atoms with Gasteiger partial charge in [-0.3, -0.25) is 4.79 Å². The topological polar surface area (TPSA) is 94.7 Å². The van der Waals surface area contributed by atoms with Gasteiger partial charge in [-0.15, -0.1) is 0 Å². The first-order valence-electron chi connectivity index (χ1n) is 11.4. The zero-order valence-electron chi connectivity index (χ0n) is 20.2. The highest BCUT2D eigenvalue weighted by Crippen LogP contribution is 2.32. The van der Waals surface area contributed by atoms with E-state index in [0.717, 1.165) is 5.56 Å². The number of rotatable bonds is 6. The Morgan fingerprint density at radius 1 is 1.06 bits per heavy atom. The van der Waals surface area contributed by atoms with Crippen molar-refractivity contribution in [2.24, 2.45) is 10.7 Å². The minimum atomic E-state index is -1.01. The maximum absolute atomic E-state index is 13.8. The Morgan fingerprint density at radius 2 is 1.71 bits per heavy atom. The lowest BCUT2D eigenvalue weighted by atomic mass is 10.0. The second-order valence-electron chi connectivity index (χ2n) is 9.37. The number of hydrogen-bond donors (Lipinski definition) is 3. The lowest BCUT2D eigenvalue weighted by Crippen LogP contribution is -2.53. The van der Waals surface area contributed by atoms with E-state index in [1.54, 1.807) is 24.8 Å². The molecule has 0 bridgehead atoms. The van der Waals surface area contributed by atoms with Crippen LogP contribution >= 0.6 is 0 Å². The predicted octanol–water partition coefficient (Wildman–Crippen LogP) is 5.66. The Kier molecular flexibility index (Phi) is 6.45. The van der Waals surface area contributed by atoms with Gasteiger partial charge in [0.1, 0.15) is 5.82 Å². The van der Waals surface area contributed by atoms with E-state index in [1.807, 2.05) is 68.4 Å². The van der Waals surface area contributed by atoms with Crippen molar-refractivity contribution in [1.82, 2.24) is 4.98 Å². The van der Waals surface area contributed by atoms with Gasteiger partial charge in [-0.25, -0.2) is 9.38 Å². The summed E-state index contributed by atoms with van der Waals surface area (Å²) in [4.78, 5) is 22.3. The second kappa shape index (κ2) is 9.35. The van der Waals surface area contributed by atoms with Crippen LogP contribution in [0.4, 0.5) is 15.8 Å². The summed E-state index contributed by atoms with van der Waals surface area (Å²) in [6.07, 6.45) is 0. The number of nitrogens with one attached hydrogen (secondary N) is 1. The molecule has 35 heavy (non-hydrogen) atoms. The average Bonchev–Trinajstić information content (AvgIpc) is 3.12. The van der Waals surface area contributed by atoms with E-state index in [1.165, 1.54) is 12.1 Å². The first-order chi connectivity index (χ1) is 16.6. The summed E-state index contributed by atoms with van der Waals surface area (Å²) in [5.74, 6) is -0.666. The van der Waals surface area contributed by atoms with Gasteiger partial charge in [0.2, 0.25) is 5.91 Å². The lowest BCUT2D eigenvalue weighted by Gasteiger charge is -2.32. The Labute approximate surface area is 203 Å². The number of benzene rings is 3. The standard InChI is InChI=1S/C28H29FN4O2/c1-17(2)33(27(35)28(3,4)30)21-13-11-20(12-14-21)31-25(18-8-6-5-7-9-18)24-22-15-10-19(29)16-23(22)32-26(24)34/h5-17,32,34H,30H2,1-4H3. The first-order valence-corrected chi connectivity index (χ1v) is 11.4. The minimum absolute atomic E-state index is 0.0804. The van der Waals surface area contributed by atoms with Crippen molar-refractivity contribution < 1.29 is 14.3 Å². The van der Waals surface area contributed by atoms with E-state index in [9.17, 15) is 14.3 Å². The number of aromatic nitrogens is 1. The smallest absolute Gasteiger partial charge is 0.246 e. The average molecular weight is 473 g/mol. The highest BCUT2D eigenvalue weighted by molar-refractivity contribution is 6.21. The van der Waals surface area contributed by atoms with Crippen LogP contribution in [0.3, 0.4) is 0 Å². The van der Waals surface area contributed by atoms with Crippen LogP contribution in [0.2, 0.25) is 0 Å². The number of fused-ring (bicyclic) bond motifs is 1. The van der Waals surface area contributed by atoms with Crippen molar-refractivity contribution >= 4 is 33.9 Å². The first kappa shape index (κ1) is 24.2. The normalized spacial score (nSPS) is 12.4. The third-order valence-electron chi connectivity index (χ3n) is 5.68. The molecule has 3 aromatic carbocycles. The summed E-state index contributed by atoms with van der Waals surface area (Å²) in [6, 6.07) is 21.0. The number of aliphatic imine (C=N–C) groups is 1. The van der Waals surface area contributed by atoms with E-state index < -0.39 is 11.4 Å². The predicted molar refractivity (Wildman–Crippen MR) is 139 cm³/mol. The molecule has 7 heteroatoms. The maximum Gasteiger partial charge on any atom is 0.246 e. The number of hydrogen-bond acceptors (Lipinski definition) is 4. The molecule has 6 nitrogen and oxygen atoms in total. The van der Waals surface area contributed by atoms with Gasteiger partial charge in [0, 0.05) is 22.7 Å². The van der Waals surface area contributed by atoms with Crippen LogP contribution in [0.15, 0.2) is 77.8 Å². The molecular formula is C28H29FN4O2. The second-order valence-corrected chi connectivity index (χ2v) is 9.37. The van der Waals surface area contributed by atoms with Crippen LogP contribution in [0.1, 0.15) is 38.8 Å². The number of carbonyl (C=O) groups excluding carboxylic acids is 1. The summed E-state index contributed by atoms with van der Waals surface area (Å²) >= 11 is 0. The van der Waals surface area contributed by atoms with Crippen LogP contribution in [0.25, 0.3) is 10.9 Å². The molecule has 0 spiro atoms. The molecule has 0 saturated heterocycles. The van der Waals surface area contributed by atoms with Crippen molar-refractivity contribution in [1.29, 1.82) is 0 Å². The molecule has 0 aliphatic rings. The maximum atomic E-state index is 13.8. The van der Waals surface area contributed by atoms with Crippen molar-refractivity contribution in [3.8, 4) is 5.88 Å². The zero-order valence-corrected chi connectivity index (χ0v) is 20.2. The van der Waals surface area contributed by atoms with Gasteiger partial charge in [-0.1, -0.05) is 30.3 Å². The monoisotopic (exact) mass is 472 g/mol. The van der Waals surface area contributed by atoms with Crippen molar-refractivity contribution in [3.63, 3.8) is 0 Å². The molecular weight excluding hydrogens is 443 g/mol. The molecule has 1 amide bonds. The van der Waals surface area contributed by atoms with Crippen LogP contribution < -0.4 is 10.6 Å². The number of carbonyl (C=O) groups is 1. The molecule has 0 saturated carbocycles. The number of halogens is 1. The summed E-state index contributed by atoms with van der Waals surface area (Å²) in [7, 11) is 0. The van der Waals surface area contributed by atoms with E-state index in [0.29, 0.717) is 33.6 Å². The van der Waals surface area contributed by atoms with E-state index in [2.05, 4.69) is 4.98 Å². The molecule has 1 heterocycles. The molecule has 0 unspecified atom stereocenters. The Bertz CT molecular complexity index is 1380. The fraction of sp³-hybridized carbons (Fsp3) is 0.214. The molecule has 0 atom stereocenters. The molecule has 180 valence electrons. The fourth-order valence-electron chi connectivity index (χ4n) is 4.03. The van der Waals surface area contributed by atoms with Gasteiger partial charge in [-0.2, -0.15) is 0 Å². The van der Waals surface area contributed by atoms with E-state index in [-0.39, 0.29) is 17.8 Å². The Morgan fingerprint density at radius 3 is 2.31 bits per heavy atom. The van der Waals surface area contributed by atoms with Gasteiger partial charge in [0.25, 0.3) is 0 Å². The summed E-state index contributed by atoms with van der Waals surface area (Å²) < 4.78 is 13.8. The third kappa shape index (κ3) is 4.95. The van der Waals surface area contributed by atoms with Crippen LogP contribution in [-0.4, -0.2) is 33.3 Å². The van der Waals surface area contributed by atoms with Gasteiger partial charge in [0.15, 0.2) is 5.88 Å². The van der Waals surface area contributed by atoms with Crippen molar-refractivity contribution in [3.05, 3.63) is 89.7 Å². The van der Waals surface area contributed by atoms with Gasteiger partial charge in [0.05, 0.1) is 28.0 Å². The Hall–Kier alpha value is -3.97. The number of anilines is 1.